The van der Waals surface area contributed by atoms with E-state index in [0.717, 1.165) is 42.6 Å². The van der Waals surface area contributed by atoms with Crippen molar-refractivity contribution >= 4 is 5.97 Å². The van der Waals surface area contributed by atoms with Gasteiger partial charge in [0.1, 0.15) is 0 Å². The highest BCUT2D eigenvalue weighted by Gasteiger charge is 2.28. The predicted octanol–water partition coefficient (Wildman–Crippen LogP) is 3.32. The first-order chi connectivity index (χ1) is 10.2. The van der Waals surface area contributed by atoms with E-state index in [2.05, 4.69) is 10.3 Å². The van der Waals surface area contributed by atoms with E-state index in [-0.39, 0.29) is 11.6 Å². The molecule has 5 nitrogen and oxygen atoms in total. The lowest BCUT2D eigenvalue weighted by Crippen LogP contribution is -2.14. The first kappa shape index (κ1) is 13.8. The zero-order valence-electron chi connectivity index (χ0n) is 12.1. The number of hydrogen-bond acceptors (Lipinski definition) is 3. The largest absolute Gasteiger partial charge is 0.476 e. The Balaban J connectivity index is 2.07. The van der Waals surface area contributed by atoms with Gasteiger partial charge in [-0.2, -0.15) is 0 Å². The van der Waals surface area contributed by atoms with E-state index in [1.165, 1.54) is 6.42 Å². The second kappa shape index (κ2) is 5.68. The van der Waals surface area contributed by atoms with Crippen LogP contribution in [0.4, 0.5) is 0 Å². The van der Waals surface area contributed by atoms with Crippen LogP contribution in [-0.4, -0.2) is 26.1 Å². The van der Waals surface area contributed by atoms with Gasteiger partial charge in [0.05, 0.1) is 11.4 Å². The number of nitrogens with zero attached hydrogens (tertiary/aromatic N) is 3. The summed E-state index contributed by atoms with van der Waals surface area (Å²) in [4.78, 5) is 11.4. The molecule has 0 unspecified atom stereocenters. The molecule has 0 aliphatic heterocycles. The predicted molar refractivity (Wildman–Crippen MR) is 78.9 cm³/mol. The average Bonchev–Trinajstić information content (AvgIpc) is 2.94. The van der Waals surface area contributed by atoms with Crippen molar-refractivity contribution in [2.75, 3.05) is 0 Å². The monoisotopic (exact) mass is 285 g/mol. The number of hydrogen-bond donors (Lipinski definition) is 1. The van der Waals surface area contributed by atoms with Crippen molar-refractivity contribution in [2.24, 2.45) is 0 Å². The van der Waals surface area contributed by atoms with Crippen LogP contribution < -0.4 is 0 Å². The third-order valence-electron chi connectivity index (χ3n) is 4.18. The van der Waals surface area contributed by atoms with Crippen molar-refractivity contribution in [1.29, 1.82) is 0 Å². The lowest BCUT2D eigenvalue weighted by atomic mass is 9.86. The highest BCUT2D eigenvalue weighted by Crippen LogP contribution is 2.34. The van der Waals surface area contributed by atoms with Gasteiger partial charge in [-0.25, -0.2) is 9.48 Å². The van der Waals surface area contributed by atoms with Gasteiger partial charge in [-0.3, -0.25) is 0 Å². The minimum Gasteiger partial charge on any atom is -0.476 e. The molecule has 0 saturated heterocycles. The minimum atomic E-state index is -0.992. The molecule has 1 saturated carbocycles. The lowest BCUT2D eigenvalue weighted by molar-refractivity contribution is 0.0688. The maximum Gasteiger partial charge on any atom is 0.358 e. The Labute approximate surface area is 123 Å². The Kier molecular flexibility index (Phi) is 3.73. The van der Waals surface area contributed by atoms with Gasteiger partial charge in [-0.1, -0.05) is 42.2 Å². The van der Waals surface area contributed by atoms with Gasteiger partial charge in [0.15, 0.2) is 5.69 Å². The van der Waals surface area contributed by atoms with Gasteiger partial charge < -0.3 is 5.11 Å². The molecule has 1 heterocycles. The fraction of sp³-hybridized carbons (Fsp3) is 0.438. The molecule has 1 aliphatic rings. The number of carboxylic acids is 1. The second-order valence-electron chi connectivity index (χ2n) is 5.71. The van der Waals surface area contributed by atoms with E-state index >= 15 is 0 Å². The van der Waals surface area contributed by atoms with Gasteiger partial charge in [-0.15, -0.1) is 5.10 Å². The van der Waals surface area contributed by atoms with Crippen molar-refractivity contribution in [3.8, 4) is 5.69 Å². The van der Waals surface area contributed by atoms with Crippen LogP contribution in [0.1, 0.15) is 59.8 Å². The standard InChI is InChI=1S/C16H19N3O2/c1-11-7-9-13(10-8-11)19-15(12-5-3-2-4-6-12)14(16(20)21)17-18-19/h7-10,12H,2-6H2,1H3,(H,20,21). The SMILES string of the molecule is Cc1ccc(-n2nnc(C(=O)O)c2C2CCCCC2)cc1. The van der Waals surface area contributed by atoms with Crippen LogP contribution in [0.15, 0.2) is 24.3 Å². The van der Waals surface area contributed by atoms with Crippen molar-refractivity contribution in [2.45, 2.75) is 44.9 Å². The molecule has 0 atom stereocenters. The molecule has 0 bridgehead atoms. The van der Waals surface area contributed by atoms with Crippen LogP contribution in [0.3, 0.4) is 0 Å². The maximum atomic E-state index is 11.4. The van der Waals surface area contributed by atoms with E-state index in [0.29, 0.717) is 0 Å². The molecule has 0 spiro atoms. The zero-order valence-corrected chi connectivity index (χ0v) is 12.1. The van der Waals surface area contributed by atoms with E-state index < -0.39 is 5.97 Å². The number of carboxylic acid groups (broad SMARTS) is 1. The van der Waals surface area contributed by atoms with Gasteiger partial charge in [0, 0.05) is 5.92 Å². The quantitative estimate of drug-likeness (QED) is 0.939. The lowest BCUT2D eigenvalue weighted by Gasteiger charge is -2.22. The molecule has 3 rings (SSSR count). The van der Waals surface area contributed by atoms with Crippen LogP contribution in [0.5, 0.6) is 0 Å². The van der Waals surface area contributed by atoms with Crippen LogP contribution in [-0.2, 0) is 0 Å². The number of rotatable bonds is 3. The summed E-state index contributed by atoms with van der Waals surface area (Å²) in [5.74, 6) is -0.755. The first-order valence-electron chi connectivity index (χ1n) is 7.43. The summed E-state index contributed by atoms with van der Waals surface area (Å²) in [7, 11) is 0. The number of aromatic nitrogens is 3. The molecular weight excluding hydrogens is 266 g/mol. The molecule has 5 heteroatoms. The van der Waals surface area contributed by atoms with Crippen LogP contribution in [0.25, 0.3) is 5.69 Å². The second-order valence-corrected chi connectivity index (χ2v) is 5.71. The van der Waals surface area contributed by atoms with Gasteiger partial charge in [0.2, 0.25) is 0 Å². The normalized spacial score (nSPS) is 16.0. The molecule has 110 valence electrons. The van der Waals surface area contributed by atoms with E-state index in [4.69, 9.17) is 0 Å². The zero-order chi connectivity index (χ0) is 14.8. The summed E-state index contributed by atoms with van der Waals surface area (Å²) < 4.78 is 1.71. The number of carbonyl (C=O) groups is 1. The molecule has 1 N–H and O–H groups in total. The highest BCUT2D eigenvalue weighted by atomic mass is 16.4. The fourth-order valence-electron chi connectivity index (χ4n) is 3.06. The smallest absolute Gasteiger partial charge is 0.358 e. The van der Waals surface area contributed by atoms with Crippen LogP contribution in [0.2, 0.25) is 0 Å². The summed E-state index contributed by atoms with van der Waals surface area (Å²) in [6.07, 6.45) is 5.54. The number of aromatic carboxylic acids is 1. The summed E-state index contributed by atoms with van der Waals surface area (Å²) in [6, 6.07) is 7.92. The minimum absolute atomic E-state index is 0.0995. The number of benzene rings is 1. The van der Waals surface area contributed by atoms with Crippen molar-refractivity contribution in [1.82, 2.24) is 15.0 Å². The molecule has 1 aromatic heterocycles. The Morgan fingerprint density at radius 3 is 2.48 bits per heavy atom. The molecule has 0 amide bonds. The Bertz CT molecular complexity index is 640. The third kappa shape index (κ3) is 2.68. The molecule has 1 aliphatic carbocycles. The van der Waals surface area contributed by atoms with E-state index in [9.17, 15) is 9.90 Å². The van der Waals surface area contributed by atoms with Gasteiger partial charge in [0.25, 0.3) is 0 Å². The molecular formula is C16H19N3O2. The molecule has 0 radical (unpaired) electrons. The van der Waals surface area contributed by atoms with Crippen molar-refractivity contribution < 1.29 is 9.90 Å². The van der Waals surface area contributed by atoms with Crippen molar-refractivity contribution in [3.05, 3.63) is 41.2 Å². The fourth-order valence-corrected chi connectivity index (χ4v) is 3.06. The van der Waals surface area contributed by atoms with Crippen molar-refractivity contribution in [3.63, 3.8) is 0 Å². The highest BCUT2D eigenvalue weighted by molar-refractivity contribution is 5.86. The summed E-state index contributed by atoms with van der Waals surface area (Å²) >= 11 is 0. The Hall–Kier alpha value is -2.17. The molecule has 1 aromatic carbocycles. The van der Waals surface area contributed by atoms with Gasteiger partial charge >= 0.3 is 5.97 Å². The Morgan fingerprint density at radius 2 is 1.86 bits per heavy atom. The van der Waals surface area contributed by atoms with Crippen LogP contribution in [0, 0.1) is 6.92 Å². The molecule has 21 heavy (non-hydrogen) atoms. The average molecular weight is 285 g/mol. The maximum absolute atomic E-state index is 11.4. The van der Waals surface area contributed by atoms with E-state index in [1.54, 1.807) is 4.68 Å². The Morgan fingerprint density at radius 1 is 1.19 bits per heavy atom. The van der Waals surface area contributed by atoms with E-state index in [1.807, 2.05) is 31.2 Å². The summed E-state index contributed by atoms with van der Waals surface area (Å²) in [5, 5.41) is 17.4. The summed E-state index contributed by atoms with van der Waals surface area (Å²) in [6.45, 7) is 2.02. The first-order valence-corrected chi connectivity index (χ1v) is 7.43. The summed E-state index contributed by atoms with van der Waals surface area (Å²) in [5.41, 5.74) is 2.89. The topological polar surface area (TPSA) is 68.0 Å². The third-order valence-corrected chi connectivity index (χ3v) is 4.18. The number of aryl methyl sites for hydroxylation is 1. The van der Waals surface area contributed by atoms with Crippen LogP contribution >= 0.6 is 0 Å². The van der Waals surface area contributed by atoms with Gasteiger partial charge in [-0.05, 0) is 31.9 Å². The molecule has 1 fully saturated rings. The molecule has 2 aromatic rings.